The Kier molecular flexibility index (Phi) is 6.41. The number of benzene rings is 1. The fourth-order valence-corrected chi connectivity index (χ4v) is 4.89. The topological polar surface area (TPSA) is 85.8 Å². The molecule has 0 aliphatic carbocycles. The second kappa shape index (κ2) is 9.09. The van der Waals surface area contributed by atoms with E-state index in [1.807, 2.05) is 62.6 Å². The summed E-state index contributed by atoms with van der Waals surface area (Å²) in [6.07, 6.45) is 1.60. The van der Waals surface area contributed by atoms with Gasteiger partial charge in [0.15, 0.2) is 10.9 Å². The van der Waals surface area contributed by atoms with Gasteiger partial charge in [0, 0.05) is 15.9 Å². The molecule has 0 bridgehead atoms. The van der Waals surface area contributed by atoms with E-state index in [9.17, 15) is 4.79 Å². The zero-order valence-corrected chi connectivity index (χ0v) is 20.4. The number of thioether (sulfide) groups is 1. The average molecular weight is 488 g/mol. The molecule has 1 N–H and O–H groups in total. The molecule has 7 nitrogen and oxygen atoms in total. The van der Waals surface area contributed by atoms with Crippen LogP contribution < -0.4 is 5.32 Å². The molecule has 3 aromatic heterocycles. The first kappa shape index (κ1) is 22.6. The molecule has 3 heterocycles. The van der Waals surface area contributed by atoms with Crippen molar-refractivity contribution >= 4 is 40.6 Å². The van der Waals surface area contributed by atoms with E-state index in [-0.39, 0.29) is 11.4 Å². The van der Waals surface area contributed by atoms with Gasteiger partial charge in [-0.3, -0.25) is 9.36 Å². The lowest BCUT2D eigenvalue weighted by Gasteiger charge is -2.19. The van der Waals surface area contributed by atoms with Crippen molar-refractivity contribution in [1.82, 2.24) is 25.1 Å². The Balaban J connectivity index is 1.61. The number of furan rings is 1. The highest BCUT2D eigenvalue weighted by atomic mass is 35.5. The SMILES string of the molecule is Cc1ccc(Cl)cc1-n1c(SCc2nc(C(=O)NC(C)(C)C)cs2)nnc1-c1ccco1. The number of hydrogen-bond acceptors (Lipinski definition) is 7. The number of hydrogen-bond donors (Lipinski definition) is 1. The quantitative estimate of drug-likeness (QED) is 0.347. The van der Waals surface area contributed by atoms with E-state index < -0.39 is 0 Å². The van der Waals surface area contributed by atoms with Crippen molar-refractivity contribution in [2.45, 2.75) is 44.1 Å². The normalized spacial score (nSPS) is 11.7. The molecule has 4 rings (SSSR count). The number of aryl methyl sites for hydroxylation is 1. The van der Waals surface area contributed by atoms with Gasteiger partial charge in [-0.25, -0.2) is 4.98 Å². The van der Waals surface area contributed by atoms with Crippen molar-refractivity contribution in [3.8, 4) is 17.3 Å². The summed E-state index contributed by atoms with van der Waals surface area (Å²) in [7, 11) is 0. The number of thiazole rings is 1. The minimum absolute atomic E-state index is 0.178. The Morgan fingerprint density at radius 1 is 1.28 bits per heavy atom. The first-order valence-corrected chi connectivity index (χ1v) is 12.1. The Hall–Kier alpha value is -2.62. The molecule has 32 heavy (non-hydrogen) atoms. The van der Waals surface area contributed by atoms with Crippen molar-refractivity contribution < 1.29 is 9.21 Å². The molecule has 1 aromatic carbocycles. The van der Waals surface area contributed by atoms with Crippen LogP contribution in [0.4, 0.5) is 0 Å². The molecular formula is C22H22ClN5O2S2. The smallest absolute Gasteiger partial charge is 0.271 e. The van der Waals surface area contributed by atoms with E-state index in [2.05, 4.69) is 20.5 Å². The van der Waals surface area contributed by atoms with Gasteiger partial charge in [0.05, 0.1) is 17.7 Å². The standard InChI is InChI=1S/C22H22ClN5O2S2/c1-13-7-8-14(23)10-16(13)28-19(17-6-5-9-30-17)26-27-21(28)32-12-18-24-15(11-31-18)20(29)25-22(2,3)4/h5-11H,12H2,1-4H3,(H,25,29). The Labute approximate surface area is 199 Å². The third kappa shape index (κ3) is 5.06. The lowest BCUT2D eigenvalue weighted by atomic mass is 10.1. The van der Waals surface area contributed by atoms with Gasteiger partial charge < -0.3 is 9.73 Å². The van der Waals surface area contributed by atoms with Gasteiger partial charge in [-0.1, -0.05) is 29.4 Å². The van der Waals surface area contributed by atoms with E-state index in [4.69, 9.17) is 16.0 Å². The summed E-state index contributed by atoms with van der Waals surface area (Å²) >= 11 is 9.22. The Bertz CT molecular complexity index is 1240. The van der Waals surface area contributed by atoms with Crippen LogP contribution in [0.15, 0.2) is 51.5 Å². The number of rotatable bonds is 6. The molecule has 0 radical (unpaired) electrons. The highest BCUT2D eigenvalue weighted by molar-refractivity contribution is 7.98. The molecule has 166 valence electrons. The molecule has 0 saturated carbocycles. The van der Waals surface area contributed by atoms with Gasteiger partial charge in [-0.15, -0.1) is 21.5 Å². The maximum atomic E-state index is 12.4. The predicted octanol–water partition coefficient (Wildman–Crippen LogP) is 5.77. The van der Waals surface area contributed by atoms with Gasteiger partial charge in [-0.05, 0) is 57.5 Å². The maximum Gasteiger partial charge on any atom is 0.271 e. The molecule has 4 aromatic rings. The number of nitrogens with one attached hydrogen (secondary N) is 1. The molecule has 1 amide bonds. The van der Waals surface area contributed by atoms with Crippen molar-refractivity contribution in [2.75, 3.05) is 0 Å². The molecule has 0 spiro atoms. The first-order chi connectivity index (χ1) is 15.2. The molecule has 0 aliphatic rings. The number of amides is 1. The Morgan fingerprint density at radius 2 is 2.09 bits per heavy atom. The molecule has 0 atom stereocenters. The van der Waals surface area contributed by atoms with E-state index in [1.54, 1.807) is 11.6 Å². The van der Waals surface area contributed by atoms with Gasteiger partial charge in [-0.2, -0.15) is 0 Å². The zero-order valence-electron chi connectivity index (χ0n) is 18.0. The third-order valence-corrected chi connectivity index (χ3v) is 6.59. The summed E-state index contributed by atoms with van der Waals surface area (Å²) in [5, 5.41) is 15.6. The summed E-state index contributed by atoms with van der Waals surface area (Å²) in [4.78, 5) is 16.9. The van der Waals surface area contributed by atoms with Gasteiger partial charge in [0.1, 0.15) is 10.7 Å². The molecule has 0 aliphatic heterocycles. The fourth-order valence-electron chi connectivity index (χ4n) is 2.98. The van der Waals surface area contributed by atoms with Crippen LogP contribution in [-0.4, -0.2) is 31.2 Å². The van der Waals surface area contributed by atoms with Gasteiger partial charge >= 0.3 is 0 Å². The van der Waals surface area contributed by atoms with Crippen molar-refractivity contribution in [1.29, 1.82) is 0 Å². The van der Waals surface area contributed by atoms with Crippen molar-refractivity contribution in [3.63, 3.8) is 0 Å². The van der Waals surface area contributed by atoms with E-state index in [0.29, 0.717) is 33.2 Å². The highest BCUT2D eigenvalue weighted by Gasteiger charge is 2.21. The number of nitrogens with zero attached hydrogens (tertiary/aromatic N) is 4. The van der Waals surface area contributed by atoms with Crippen LogP contribution in [0.2, 0.25) is 5.02 Å². The van der Waals surface area contributed by atoms with Crippen LogP contribution in [0.3, 0.4) is 0 Å². The van der Waals surface area contributed by atoms with Gasteiger partial charge in [0.2, 0.25) is 5.82 Å². The molecular weight excluding hydrogens is 466 g/mol. The summed E-state index contributed by atoms with van der Waals surface area (Å²) in [5.74, 6) is 1.57. The third-order valence-electron chi connectivity index (χ3n) is 4.38. The number of carbonyl (C=O) groups is 1. The van der Waals surface area contributed by atoms with Crippen LogP contribution >= 0.6 is 34.7 Å². The van der Waals surface area contributed by atoms with E-state index in [0.717, 1.165) is 16.3 Å². The summed E-state index contributed by atoms with van der Waals surface area (Å²) < 4.78 is 7.51. The number of halogens is 1. The molecule has 0 unspecified atom stereocenters. The lowest BCUT2D eigenvalue weighted by molar-refractivity contribution is 0.0915. The summed E-state index contributed by atoms with van der Waals surface area (Å²) in [6.45, 7) is 7.83. The first-order valence-electron chi connectivity index (χ1n) is 9.87. The van der Waals surface area contributed by atoms with Crippen LogP contribution in [-0.2, 0) is 5.75 Å². The Morgan fingerprint density at radius 3 is 2.81 bits per heavy atom. The molecule has 0 fully saturated rings. The second-order valence-corrected chi connectivity index (χ2v) is 10.5. The average Bonchev–Trinajstić information content (AvgIpc) is 3.47. The fraction of sp³-hybridized carbons (Fsp3) is 0.273. The van der Waals surface area contributed by atoms with Crippen LogP contribution in [0.1, 0.15) is 41.8 Å². The van der Waals surface area contributed by atoms with Gasteiger partial charge in [0.25, 0.3) is 5.91 Å². The number of aromatic nitrogens is 4. The predicted molar refractivity (Wildman–Crippen MR) is 128 cm³/mol. The van der Waals surface area contributed by atoms with Crippen LogP contribution in [0, 0.1) is 6.92 Å². The van der Waals surface area contributed by atoms with E-state index >= 15 is 0 Å². The lowest BCUT2D eigenvalue weighted by Crippen LogP contribution is -2.40. The second-order valence-electron chi connectivity index (χ2n) is 8.17. The maximum absolute atomic E-state index is 12.4. The van der Waals surface area contributed by atoms with Crippen LogP contribution in [0.5, 0.6) is 0 Å². The number of carbonyl (C=O) groups excluding carboxylic acids is 1. The zero-order chi connectivity index (χ0) is 22.9. The van der Waals surface area contributed by atoms with Crippen LogP contribution in [0.25, 0.3) is 17.3 Å². The minimum atomic E-state index is -0.316. The minimum Gasteiger partial charge on any atom is -0.461 e. The summed E-state index contributed by atoms with van der Waals surface area (Å²) in [6, 6.07) is 9.35. The largest absolute Gasteiger partial charge is 0.461 e. The van der Waals surface area contributed by atoms with Crippen molar-refractivity contribution in [3.05, 3.63) is 63.3 Å². The molecule has 10 heteroatoms. The van der Waals surface area contributed by atoms with Crippen molar-refractivity contribution in [2.24, 2.45) is 0 Å². The monoisotopic (exact) mass is 487 g/mol. The highest BCUT2D eigenvalue weighted by Crippen LogP contribution is 2.32. The van der Waals surface area contributed by atoms with E-state index in [1.165, 1.54) is 23.1 Å². The molecule has 0 saturated heterocycles. The summed E-state index contributed by atoms with van der Waals surface area (Å²) in [5.41, 5.74) is 2.01.